The standard InChI is InChI=1S/C92H54N6S2/c1-2-24-59(25-3-1)96-80-51-46-56(54-73(80)85-69-32-8-16-40-78(69)95(79-41-17-9-33-70(79)88(85)96)61-26-20-22-57(52-61)83-67-30-4-12-36-74(67)93-91-86(83)71-34-10-18-42-81(71)99-91)55-44-47-60(48-45-55)97-76-38-14-6-28-63(76)65-49-50-66-64-29-7-15-39-77(64)98(90(66)89(65)97)62-27-21-23-58(53-62)84-68-31-5-13-37-75(68)94-92-87(84)72-35-11-19-43-82(72)100-92/h1-54H. The molecular formula is C92H54N6S2. The van der Waals surface area contributed by atoms with Crippen LogP contribution in [0, 0.1) is 0 Å². The van der Waals surface area contributed by atoms with Crippen molar-refractivity contribution >= 4 is 157 Å². The molecule has 0 aliphatic carbocycles. The maximum atomic E-state index is 5.27. The Kier molecular flexibility index (Phi) is 11.9. The van der Waals surface area contributed by atoms with Gasteiger partial charge in [0, 0.05) is 119 Å². The molecule has 0 atom stereocenters. The Hall–Kier alpha value is -12.7. The Morgan fingerprint density at radius 1 is 0.250 bits per heavy atom. The largest absolute Gasteiger partial charge is 0.309 e. The van der Waals surface area contributed by atoms with Gasteiger partial charge in [-0.2, -0.15) is 0 Å². The molecule has 6 nitrogen and oxygen atoms in total. The molecule has 0 fully saturated rings. The van der Waals surface area contributed by atoms with Crippen LogP contribution < -0.4 is 4.90 Å². The Morgan fingerprint density at radius 2 is 0.700 bits per heavy atom. The fraction of sp³-hybridized carbons (Fsp3) is 0. The minimum Gasteiger partial charge on any atom is -0.309 e. The van der Waals surface area contributed by atoms with E-state index >= 15 is 0 Å². The van der Waals surface area contributed by atoms with Crippen molar-refractivity contribution in [1.29, 1.82) is 0 Å². The minimum absolute atomic E-state index is 0.997. The van der Waals surface area contributed by atoms with Crippen LogP contribution in [0.3, 0.4) is 0 Å². The third-order valence-electron chi connectivity index (χ3n) is 21.0. The van der Waals surface area contributed by atoms with Crippen molar-refractivity contribution in [1.82, 2.24) is 23.7 Å². The summed E-state index contributed by atoms with van der Waals surface area (Å²) in [6.07, 6.45) is 0. The lowest BCUT2D eigenvalue weighted by atomic mass is 9.95. The molecule has 100 heavy (non-hydrogen) atoms. The van der Waals surface area contributed by atoms with Gasteiger partial charge in [-0.25, -0.2) is 9.97 Å². The van der Waals surface area contributed by atoms with E-state index in [1.165, 1.54) is 85.6 Å². The maximum absolute atomic E-state index is 5.27. The summed E-state index contributed by atoms with van der Waals surface area (Å²) in [6.45, 7) is 0. The number of pyridine rings is 2. The highest BCUT2D eigenvalue weighted by atomic mass is 32.1. The van der Waals surface area contributed by atoms with Crippen LogP contribution >= 0.6 is 22.7 Å². The molecule has 7 aromatic heterocycles. The monoisotopic (exact) mass is 1310 g/mol. The Bertz CT molecular complexity index is 7040. The second-order valence-electron chi connectivity index (χ2n) is 26.3. The average molecular weight is 1310 g/mol. The molecule has 8 heterocycles. The van der Waals surface area contributed by atoms with Gasteiger partial charge in [-0.15, -0.1) is 22.7 Å². The molecule has 22 rings (SSSR count). The van der Waals surface area contributed by atoms with Crippen LogP contribution in [0.5, 0.6) is 0 Å². The van der Waals surface area contributed by atoms with E-state index in [1.807, 2.05) is 0 Å². The number of rotatable bonds is 7. The van der Waals surface area contributed by atoms with E-state index in [0.717, 1.165) is 121 Å². The first kappa shape index (κ1) is 55.4. The summed E-state index contributed by atoms with van der Waals surface area (Å²) in [6, 6.07) is 121. The number of anilines is 3. The molecule has 0 saturated heterocycles. The Balaban J connectivity index is 0.717. The lowest BCUT2D eigenvalue weighted by Crippen LogP contribution is -2.11. The predicted octanol–water partition coefficient (Wildman–Crippen LogP) is 25.8. The molecule has 14 aromatic carbocycles. The van der Waals surface area contributed by atoms with E-state index in [4.69, 9.17) is 9.97 Å². The van der Waals surface area contributed by atoms with Gasteiger partial charge < -0.3 is 18.6 Å². The number of para-hydroxylation sites is 7. The zero-order valence-corrected chi connectivity index (χ0v) is 55.3. The number of nitrogens with zero attached hydrogens (tertiary/aromatic N) is 6. The number of aromatic nitrogens is 5. The fourth-order valence-corrected chi connectivity index (χ4v) is 19.0. The lowest BCUT2D eigenvalue weighted by Gasteiger charge is -2.28. The molecule has 1 aliphatic heterocycles. The van der Waals surface area contributed by atoms with E-state index in [0.29, 0.717) is 0 Å². The van der Waals surface area contributed by atoms with E-state index in [1.54, 1.807) is 22.7 Å². The van der Waals surface area contributed by atoms with Crippen LogP contribution in [0.15, 0.2) is 328 Å². The van der Waals surface area contributed by atoms with Crippen molar-refractivity contribution in [3.05, 3.63) is 328 Å². The molecule has 0 N–H and O–H groups in total. The first-order valence-electron chi connectivity index (χ1n) is 34.0. The fourth-order valence-electron chi connectivity index (χ4n) is 16.8. The van der Waals surface area contributed by atoms with Crippen molar-refractivity contribution in [3.63, 3.8) is 0 Å². The van der Waals surface area contributed by atoms with Gasteiger partial charge in [0.25, 0.3) is 0 Å². The third kappa shape index (κ3) is 7.99. The van der Waals surface area contributed by atoms with Crippen LogP contribution in [-0.4, -0.2) is 23.7 Å². The third-order valence-corrected chi connectivity index (χ3v) is 23.1. The maximum Gasteiger partial charge on any atom is 0.125 e. The van der Waals surface area contributed by atoms with Crippen LogP contribution in [0.2, 0.25) is 0 Å². The second-order valence-corrected chi connectivity index (χ2v) is 28.3. The van der Waals surface area contributed by atoms with E-state index in [9.17, 15) is 0 Å². The molecule has 21 aromatic rings. The highest BCUT2D eigenvalue weighted by Crippen LogP contribution is 2.56. The topological polar surface area (TPSA) is 43.8 Å². The van der Waals surface area contributed by atoms with Gasteiger partial charge in [0.2, 0.25) is 0 Å². The molecule has 0 saturated carbocycles. The second kappa shape index (κ2) is 21.4. The normalized spacial score (nSPS) is 12.4. The van der Waals surface area contributed by atoms with Gasteiger partial charge in [0.1, 0.15) is 9.66 Å². The number of hydrogen-bond donors (Lipinski definition) is 0. The van der Waals surface area contributed by atoms with Gasteiger partial charge >= 0.3 is 0 Å². The number of thiophene rings is 2. The summed E-state index contributed by atoms with van der Waals surface area (Å²) in [7, 11) is 0. The summed E-state index contributed by atoms with van der Waals surface area (Å²) >= 11 is 3.54. The number of fused-ring (bicyclic) bond motifs is 22. The summed E-state index contributed by atoms with van der Waals surface area (Å²) < 4.78 is 10.0. The molecule has 0 bridgehead atoms. The molecular weight excluding hydrogens is 1250 g/mol. The van der Waals surface area contributed by atoms with E-state index in [2.05, 4.69) is 346 Å². The van der Waals surface area contributed by atoms with Gasteiger partial charge in [0.15, 0.2) is 0 Å². The van der Waals surface area contributed by atoms with Crippen molar-refractivity contribution in [2.75, 3.05) is 4.90 Å². The average Bonchev–Trinajstić information content (AvgIpc) is 1.55. The van der Waals surface area contributed by atoms with E-state index in [-0.39, 0.29) is 0 Å². The van der Waals surface area contributed by atoms with Crippen molar-refractivity contribution < 1.29 is 0 Å². The summed E-state index contributed by atoms with van der Waals surface area (Å²) in [4.78, 5) is 15.1. The van der Waals surface area contributed by atoms with Crippen molar-refractivity contribution in [2.45, 2.75) is 0 Å². The van der Waals surface area contributed by atoms with Crippen molar-refractivity contribution in [2.24, 2.45) is 0 Å². The molecule has 0 spiro atoms. The van der Waals surface area contributed by atoms with E-state index < -0.39 is 0 Å². The predicted molar refractivity (Wildman–Crippen MR) is 424 cm³/mol. The Labute approximate surface area is 581 Å². The highest BCUT2D eigenvalue weighted by molar-refractivity contribution is 7.26. The van der Waals surface area contributed by atoms with Crippen molar-refractivity contribution in [3.8, 4) is 72.8 Å². The van der Waals surface area contributed by atoms with Crippen LogP contribution in [-0.2, 0) is 0 Å². The van der Waals surface area contributed by atoms with Crippen LogP contribution in [0.4, 0.5) is 17.1 Å². The molecule has 464 valence electrons. The summed E-state index contributed by atoms with van der Waals surface area (Å²) in [5, 5.41) is 13.2. The molecule has 1 aliphatic rings. The zero-order chi connectivity index (χ0) is 65.3. The first-order chi connectivity index (χ1) is 49.6. The molecule has 0 unspecified atom stereocenters. The molecule has 0 amide bonds. The smallest absolute Gasteiger partial charge is 0.125 e. The van der Waals surface area contributed by atoms with Gasteiger partial charge in [-0.3, -0.25) is 0 Å². The minimum atomic E-state index is 0.997. The quantitative estimate of drug-likeness (QED) is 0.160. The number of benzene rings is 14. The molecule has 8 heteroatoms. The van der Waals surface area contributed by atoms with Gasteiger partial charge in [-0.05, 0) is 131 Å². The highest BCUT2D eigenvalue weighted by Gasteiger charge is 2.33. The van der Waals surface area contributed by atoms with Crippen LogP contribution in [0.1, 0.15) is 0 Å². The van der Waals surface area contributed by atoms with Gasteiger partial charge in [0.05, 0.1) is 55.7 Å². The SMILES string of the molecule is c1ccc(-n2c3c(c4cc(-c5ccc(-n6c7ccccc7c7ccc8c9ccccc9n(-c9cccc(-c%10c%11ccccc%11nc%11sc%12ccccc%12c%10%11)c9)c8c76)cc5)ccc42)-c2ccccc2N(c2cccc(-c4c5ccccc5nc5sc6ccccc6c45)c2)c2ccccc2-3)cc1. The lowest BCUT2D eigenvalue weighted by molar-refractivity contribution is 1.13. The van der Waals surface area contributed by atoms with Gasteiger partial charge in [-0.1, -0.05) is 218 Å². The Morgan fingerprint density at radius 3 is 1.32 bits per heavy atom. The summed E-state index contributed by atoms with van der Waals surface area (Å²) in [5.41, 5.74) is 26.1. The first-order valence-corrected chi connectivity index (χ1v) is 35.7. The number of hydrogen-bond acceptors (Lipinski definition) is 5. The zero-order valence-electron chi connectivity index (χ0n) is 53.7. The molecule has 0 radical (unpaired) electrons. The summed E-state index contributed by atoms with van der Waals surface area (Å²) in [5.74, 6) is 0. The van der Waals surface area contributed by atoms with Crippen LogP contribution in [0.25, 0.3) is 190 Å².